The predicted molar refractivity (Wildman–Crippen MR) is 63.3 cm³/mol. The normalized spacial score (nSPS) is 20.2. The van der Waals surface area contributed by atoms with Gasteiger partial charge in [-0.3, -0.25) is 4.79 Å². The molecule has 80 valence electrons. The predicted octanol–water partition coefficient (Wildman–Crippen LogP) is 2.43. The number of anilines is 1. The van der Waals surface area contributed by atoms with Crippen molar-refractivity contribution in [3.8, 4) is 0 Å². The lowest BCUT2D eigenvalue weighted by molar-refractivity contribution is -0.119. The van der Waals surface area contributed by atoms with Crippen LogP contribution in [0.25, 0.3) is 0 Å². The number of pyridine rings is 1. The number of carbonyl (C=O) groups is 1. The van der Waals surface area contributed by atoms with Gasteiger partial charge < -0.3 is 5.32 Å². The van der Waals surface area contributed by atoms with E-state index in [1.165, 1.54) is 0 Å². The van der Waals surface area contributed by atoms with Crippen LogP contribution in [0.15, 0.2) is 18.3 Å². The first kappa shape index (κ1) is 10.8. The van der Waals surface area contributed by atoms with Gasteiger partial charge in [0.15, 0.2) is 5.82 Å². The number of halogens is 1. The highest BCUT2D eigenvalue weighted by Gasteiger charge is 2.23. The molecule has 0 aliphatic carbocycles. The summed E-state index contributed by atoms with van der Waals surface area (Å²) in [6, 6.07) is 3.46. The third kappa shape index (κ3) is 2.63. The van der Waals surface area contributed by atoms with Crippen LogP contribution in [0.2, 0.25) is 5.02 Å². The van der Waals surface area contributed by atoms with Crippen LogP contribution in [0.4, 0.5) is 5.82 Å². The van der Waals surface area contributed by atoms with Crippen LogP contribution < -0.4 is 5.32 Å². The summed E-state index contributed by atoms with van der Waals surface area (Å²) in [5, 5.41) is 3.24. The van der Waals surface area contributed by atoms with Gasteiger partial charge in [0.05, 0.1) is 5.02 Å². The quantitative estimate of drug-likeness (QED) is 0.866. The summed E-state index contributed by atoms with van der Waals surface area (Å²) in [7, 11) is 0. The topological polar surface area (TPSA) is 42.0 Å². The van der Waals surface area contributed by atoms with Gasteiger partial charge in [-0.2, -0.15) is 11.8 Å². The van der Waals surface area contributed by atoms with Gasteiger partial charge >= 0.3 is 0 Å². The van der Waals surface area contributed by atoms with Crippen LogP contribution in [0.5, 0.6) is 0 Å². The molecule has 1 aliphatic heterocycles. The molecule has 0 spiro atoms. The first-order valence-corrected chi connectivity index (χ1v) is 6.30. The Labute approximate surface area is 97.6 Å². The van der Waals surface area contributed by atoms with E-state index >= 15 is 0 Å². The van der Waals surface area contributed by atoms with E-state index < -0.39 is 0 Å². The molecule has 1 amide bonds. The van der Waals surface area contributed by atoms with Gasteiger partial charge in [0.1, 0.15) is 0 Å². The van der Waals surface area contributed by atoms with E-state index in [1.54, 1.807) is 18.3 Å². The third-order valence-electron chi connectivity index (χ3n) is 2.30. The third-order valence-corrected chi connectivity index (χ3v) is 3.77. The van der Waals surface area contributed by atoms with E-state index in [4.69, 9.17) is 11.6 Å². The largest absolute Gasteiger partial charge is 0.309 e. The van der Waals surface area contributed by atoms with E-state index in [9.17, 15) is 4.79 Å². The van der Waals surface area contributed by atoms with E-state index in [0.29, 0.717) is 10.8 Å². The molecule has 1 aromatic rings. The maximum Gasteiger partial charge on any atom is 0.229 e. The van der Waals surface area contributed by atoms with Crippen LogP contribution in [0.1, 0.15) is 6.42 Å². The number of hydrogen-bond acceptors (Lipinski definition) is 3. The molecule has 2 heterocycles. The minimum atomic E-state index is 0.0283. The molecule has 1 atom stereocenters. The monoisotopic (exact) mass is 242 g/mol. The number of aromatic nitrogens is 1. The van der Waals surface area contributed by atoms with Crippen molar-refractivity contribution in [2.24, 2.45) is 5.92 Å². The van der Waals surface area contributed by atoms with Crippen molar-refractivity contribution in [2.75, 3.05) is 16.8 Å². The number of carbonyl (C=O) groups excluding carboxylic acids is 1. The molecule has 0 bridgehead atoms. The summed E-state index contributed by atoms with van der Waals surface area (Å²) in [5.41, 5.74) is 0. The Hall–Kier alpha value is -0.740. The van der Waals surface area contributed by atoms with E-state index in [0.717, 1.165) is 17.9 Å². The van der Waals surface area contributed by atoms with Crippen LogP contribution in [-0.2, 0) is 4.79 Å². The molecule has 0 radical (unpaired) electrons. The second-order valence-corrected chi connectivity index (χ2v) is 4.94. The lowest BCUT2D eigenvalue weighted by Gasteiger charge is -2.09. The minimum absolute atomic E-state index is 0.0283. The zero-order valence-electron chi connectivity index (χ0n) is 8.07. The van der Waals surface area contributed by atoms with Crippen molar-refractivity contribution < 1.29 is 4.79 Å². The maximum atomic E-state index is 11.7. The molecule has 1 fully saturated rings. The number of hydrogen-bond donors (Lipinski definition) is 1. The van der Waals surface area contributed by atoms with E-state index in [2.05, 4.69) is 10.3 Å². The van der Waals surface area contributed by atoms with Gasteiger partial charge in [-0.25, -0.2) is 4.98 Å². The highest BCUT2D eigenvalue weighted by Crippen LogP contribution is 2.25. The Balaban J connectivity index is 2.02. The van der Waals surface area contributed by atoms with Gasteiger partial charge in [0, 0.05) is 17.9 Å². The SMILES string of the molecule is O=C(Nc1ncccc1Cl)C1CCSC1. The van der Waals surface area contributed by atoms with Gasteiger partial charge in [0.2, 0.25) is 5.91 Å². The molecule has 1 aromatic heterocycles. The molecule has 5 heteroatoms. The van der Waals surface area contributed by atoms with Gasteiger partial charge in [-0.05, 0) is 24.3 Å². The van der Waals surface area contributed by atoms with Gasteiger partial charge in [-0.1, -0.05) is 11.6 Å². The fourth-order valence-electron chi connectivity index (χ4n) is 1.44. The van der Waals surface area contributed by atoms with E-state index in [1.807, 2.05) is 11.8 Å². The van der Waals surface area contributed by atoms with Crippen molar-refractivity contribution in [1.82, 2.24) is 4.98 Å². The summed E-state index contributed by atoms with van der Waals surface area (Å²) in [4.78, 5) is 15.8. The van der Waals surface area contributed by atoms with Crippen molar-refractivity contribution in [3.05, 3.63) is 23.4 Å². The molecule has 1 unspecified atom stereocenters. The average molecular weight is 243 g/mol. The second-order valence-electron chi connectivity index (χ2n) is 3.38. The molecule has 0 saturated carbocycles. The summed E-state index contributed by atoms with van der Waals surface area (Å²) >= 11 is 7.70. The lowest BCUT2D eigenvalue weighted by atomic mass is 10.1. The Morgan fingerprint density at radius 2 is 2.53 bits per heavy atom. The van der Waals surface area contributed by atoms with Crippen LogP contribution in [0, 0.1) is 5.92 Å². The smallest absolute Gasteiger partial charge is 0.229 e. The fraction of sp³-hybridized carbons (Fsp3) is 0.400. The van der Waals surface area contributed by atoms with Crippen molar-refractivity contribution in [1.29, 1.82) is 0 Å². The molecule has 0 aromatic carbocycles. The summed E-state index contributed by atoms with van der Waals surface area (Å²) in [6.07, 6.45) is 2.56. The molecular weight excluding hydrogens is 232 g/mol. The Bertz CT molecular complexity index is 366. The van der Waals surface area contributed by atoms with Gasteiger partial charge in [0.25, 0.3) is 0 Å². The van der Waals surface area contributed by atoms with Crippen molar-refractivity contribution in [3.63, 3.8) is 0 Å². The number of amides is 1. The summed E-state index contributed by atoms with van der Waals surface area (Å²) in [6.45, 7) is 0. The van der Waals surface area contributed by atoms with Crippen molar-refractivity contribution >= 4 is 35.1 Å². The van der Waals surface area contributed by atoms with Crippen molar-refractivity contribution in [2.45, 2.75) is 6.42 Å². The lowest BCUT2D eigenvalue weighted by Crippen LogP contribution is -2.23. The second kappa shape index (κ2) is 4.86. The molecule has 1 N–H and O–H groups in total. The first-order valence-electron chi connectivity index (χ1n) is 4.76. The maximum absolute atomic E-state index is 11.7. The zero-order valence-corrected chi connectivity index (χ0v) is 9.64. The highest BCUT2D eigenvalue weighted by molar-refractivity contribution is 7.99. The van der Waals surface area contributed by atoms with Crippen LogP contribution in [-0.4, -0.2) is 22.4 Å². The molecule has 1 saturated heterocycles. The summed E-state index contributed by atoms with van der Waals surface area (Å²) < 4.78 is 0. The number of nitrogens with one attached hydrogen (secondary N) is 1. The minimum Gasteiger partial charge on any atom is -0.309 e. The molecule has 2 rings (SSSR count). The fourth-order valence-corrected chi connectivity index (χ4v) is 2.83. The zero-order chi connectivity index (χ0) is 10.7. The Morgan fingerprint density at radius 3 is 3.20 bits per heavy atom. The van der Waals surface area contributed by atoms with Crippen LogP contribution in [0.3, 0.4) is 0 Å². The average Bonchev–Trinajstić information content (AvgIpc) is 2.74. The van der Waals surface area contributed by atoms with E-state index in [-0.39, 0.29) is 11.8 Å². The Kier molecular flexibility index (Phi) is 3.49. The highest BCUT2D eigenvalue weighted by atomic mass is 35.5. The molecule has 3 nitrogen and oxygen atoms in total. The Morgan fingerprint density at radius 1 is 1.67 bits per heavy atom. The number of rotatable bonds is 2. The van der Waals surface area contributed by atoms with Crippen LogP contribution >= 0.6 is 23.4 Å². The van der Waals surface area contributed by atoms with Gasteiger partial charge in [-0.15, -0.1) is 0 Å². The standard InChI is InChI=1S/C10H11ClN2OS/c11-8-2-1-4-12-9(8)13-10(14)7-3-5-15-6-7/h1-2,4,7H,3,5-6H2,(H,12,13,14). The number of nitrogens with zero attached hydrogens (tertiary/aromatic N) is 1. The summed E-state index contributed by atoms with van der Waals surface area (Å²) in [5.74, 6) is 2.55. The molecular formula is C10H11ClN2OS. The molecule has 15 heavy (non-hydrogen) atoms. The molecule has 1 aliphatic rings. The number of thioether (sulfide) groups is 1. The first-order chi connectivity index (χ1) is 7.27.